The van der Waals surface area contributed by atoms with E-state index in [4.69, 9.17) is 4.42 Å². The molecule has 0 aliphatic carbocycles. The first-order chi connectivity index (χ1) is 10.2. The normalized spacial score (nSPS) is 10.3. The van der Waals surface area contributed by atoms with E-state index in [1.165, 1.54) is 7.11 Å². The van der Waals surface area contributed by atoms with E-state index in [-0.39, 0.29) is 18.3 Å². The van der Waals surface area contributed by atoms with Gasteiger partial charge in [-0.15, -0.1) is 11.3 Å². The number of methoxy groups -OCH3 is 1. The van der Waals surface area contributed by atoms with Crippen molar-refractivity contribution in [2.24, 2.45) is 0 Å². The molecule has 0 saturated carbocycles. The summed E-state index contributed by atoms with van der Waals surface area (Å²) in [5, 5.41) is 1.94. The molecule has 2 rings (SSSR count). The topological polar surface area (TPSA) is 59.8 Å². The summed E-state index contributed by atoms with van der Waals surface area (Å²) in [6.07, 6.45) is 2.07. The molecule has 0 radical (unpaired) electrons. The van der Waals surface area contributed by atoms with Crippen molar-refractivity contribution in [3.8, 4) is 0 Å². The summed E-state index contributed by atoms with van der Waals surface area (Å²) in [4.78, 5) is 26.3. The molecule has 0 spiro atoms. The molecule has 0 N–H and O–H groups in total. The van der Waals surface area contributed by atoms with Gasteiger partial charge in [-0.25, -0.2) is 0 Å². The lowest BCUT2D eigenvalue weighted by Gasteiger charge is -2.21. The van der Waals surface area contributed by atoms with E-state index in [2.05, 4.69) is 4.74 Å². The Morgan fingerprint density at radius 3 is 2.81 bits per heavy atom. The van der Waals surface area contributed by atoms with Gasteiger partial charge >= 0.3 is 5.97 Å². The summed E-state index contributed by atoms with van der Waals surface area (Å²) in [6, 6.07) is 7.42. The number of hydrogen-bond acceptors (Lipinski definition) is 5. The largest absolute Gasteiger partial charge is 0.469 e. The van der Waals surface area contributed by atoms with Crippen LogP contribution in [0.25, 0.3) is 0 Å². The van der Waals surface area contributed by atoms with Gasteiger partial charge in [-0.05, 0) is 23.6 Å². The lowest BCUT2D eigenvalue weighted by Crippen LogP contribution is -2.33. The number of carbonyl (C=O) groups is 2. The van der Waals surface area contributed by atoms with E-state index in [1.807, 2.05) is 23.6 Å². The molecule has 2 aromatic rings. The van der Waals surface area contributed by atoms with Crippen molar-refractivity contribution in [1.29, 1.82) is 0 Å². The lowest BCUT2D eigenvalue weighted by atomic mass is 10.2. The number of hydrogen-bond donors (Lipinski definition) is 0. The third-order valence-electron chi connectivity index (χ3n) is 3.00. The summed E-state index contributed by atoms with van der Waals surface area (Å²) < 4.78 is 9.90. The highest BCUT2D eigenvalue weighted by atomic mass is 32.1. The van der Waals surface area contributed by atoms with Crippen molar-refractivity contribution in [2.45, 2.75) is 19.4 Å². The Bertz CT molecular complexity index is 563. The molecule has 0 fully saturated rings. The molecular weight excluding hydrogens is 290 g/mol. The molecule has 5 nitrogen and oxygen atoms in total. The molecule has 2 aromatic heterocycles. The highest BCUT2D eigenvalue weighted by Crippen LogP contribution is 2.13. The van der Waals surface area contributed by atoms with Crippen molar-refractivity contribution in [3.63, 3.8) is 0 Å². The predicted octanol–water partition coefficient (Wildman–Crippen LogP) is 2.48. The minimum atomic E-state index is -0.330. The minimum Gasteiger partial charge on any atom is -0.469 e. The zero-order chi connectivity index (χ0) is 15.1. The lowest BCUT2D eigenvalue weighted by molar-refractivity contribution is -0.141. The molecule has 21 heavy (non-hydrogen) atoms. The Balaban J connectivity index is 1.99. The van der Waals surface area contributed by atoms with Gasteiger partial charge in [0.2, 0.25) is 5.91 Å². The van der Waals surface area contributed by atoms with Gasteiger partial charge in [0.05, 0.1) is 32.8 Å². The fourth-order valence-corrected chi connectivity index (χ4v) is 2.58. The van der Waals surface area contributed by atoms with Crippen molar-refractivity contribution < 1.29 is 18.7 Å². The fourth-order valence-electron chi connectivity index (χ4n) is 1.88. The maximum atomic E-state index is 12.4. The van der Waals surface area contributed by atoms with E-state index in [0.29, 0.717) is 25.3 Å². The molecular formula is C15H17NO4S. The van der Waals surface area contributed by atoms with E-state index in [0.717, 1.165) is 4.88 Å². The Morgan fingerprint density at radius 1 is 1.33 bits per heavy atom. The monoisotopic (exact) mass is 307 g/mol. The van der Waals surface area contributed by atoms with Gasteiger partial charge in [-0.1, -0.05) is 6.07 Å². The number of rotatable bonds is 7. The Hall–Kier alpha value is -2.08. The Morgan fingerprint density at radius 2 is 2.19 bits per heavy atom. The molecule has 1 amide bonds. The van der Waals surface area contributed by atoms with Gasteiger partial charge in [-0.3, -0.25) is 9.59 Å². The first-order valence-electron chi connectivity index (χ1n) is 6.58. The van der Waals surface area contributed by atoms with Crippen LogP contribution in [0.4, 0.5) is 0 Å². The second-order valence-electron chi connectivity index (χ2n) is 4.48. The van der Waals surface area contributed by atoms with Gasteiger partial charge in [0.1, 0.15) is 5.76 Å². The molecule has 0 atom stereocenters. The van der Waals surface area contributed by atoms with Crippen LogP contribution in [0.5, 0.6) is 0 Å². The average Bonchev–Trinajstić information content (AvgIpc) is 3.16. The van der Waals surface area contributed by atoms with Crippen molar-refractivity contribution >= 4 is 23.2 Å². The third kappa shape index (κ3) is 4.75. The predicted molar refractivity (Wildman–Crippen MR) is 78.8 cm³/mol. The minimum absolute atomic E-state index is 0.0299. The van der Waals surface area contributed by atoms with Crippen LogP contribution in [-0.4, -0.2) is 30.4 Å². The van der Waals surface area contributed by atoms with E-state index < -0.39 is 0 Å². The first-order valence-corrected chi connectivity index (χ1v) is 7.46. The quantitative estimate of drug-likeness (QED) is 0.737. The fraction of sp³-hybridized carbons (Fsp3) is 0.333. The van der Waals surface area contributed by atoms with E-state index in [1.54, 1.807) is 28.6 Å². The van der Waals surface area contributed by atoms with Gasteiger partial charge in [0.15, 0.2) is 0 Å². The van der Waals surface area contributed by atoms with Crippen LogP contribution in [0.1, 0.15) is 17.1 Å². The van der Waals surface area contributed by atoms with Crippen molar-refractivity contribution in [2.75, 3.05) is 13.7 Å². The van der Waals surface area contributed by atoms with Gasteiger partial charge in [0.25, 0.3) is 0 Å². The smallest absolute Gasteiger partial charge is 0.307 e. The van der Waals surface area contributed by atoms with Crippen LogP contribution in [0, 0.1) is 0 Å². The first kappa shape index (κ1) is 15.3. The number of nitrogens with zero attached hydrogens (tertiary/aromatic N) is 1. The Labute approximate surface area is 127 Å². The second-order valence-corrected chi connectivity index (χ2v) is 5.51. The van der Waals surface area contributed by atoms with Gasteiger partial charge in [0, 0.05) is 11.4 Å². The van der Waals surface area contributed by atoms with Crippen molar-refractivity contribution in [3.05, 3.63) is 46.5 Å². The molecule has 0 unspecified atom stereocenters. The van der Waals surface area contributed by atoms with Crippen LogP contribution in [0.15, 0.2) is 40.3 Å². The molecule has 112 valence electrons. The van der Waals surface area contributed by atoms with E-state index in [9.17, 15) is 9.59 Å². The SMILES string of the molecule is COC(=O)CCN(Cc1ccco1)C(=O)Cc1cccs1. The van der Waals surface area contributed by atoms with Gasteiger partial charge in [-0.2, -0.15) is 0 Å². The maximum Gasteiger partial charge on any atom is 0.307 e. The zero-order valence-electron chi connectivity index (χ0n) is 11.8. The van der Waals surface area contributed by atoms with Crippen LogP contribution in [0.2, 0.25) is 0 Å². The summed E-state index contributed by atoms with van der Waals surface area (Å²) in [5.74, 6) is 0.334. The zero-order valence-corrected chi connectivity index (χ0v) is 12.6. The maximum absolute atomic E-state index is 12.4. The van der Waals surface area contributed by atoms with Crippen LogP contribution >= 0.6 is 11.3 Å². The van der Waals surface area contributed by atoms with Crippen LogP contribution in [0.3, 0.4) is 0 Å². The number of amides is 1. The molecule has 0 aromatic carbocycles. The summed E-state index contributed by atoms with van der Waals surface area (Å²) in [6.45, 7) is 0.672. The molecule has 0 aliphatic heterocycles. The van der Waals surface area contributed by atoms with E-state index >= 15 is 0 Å². The number of ether oxygens (including phenoxy) is 1. The van der Waals surface area contributed by atoms with Gasteiger partial charge < -0.3 is 14.1 Å². The highest BCUT2D eigenvalue weighted by molar-refractivity contribution is 7.10. The number of carbonyl (C=O) groups excluding carboxylic acids is 2. The molecule has 0 saturated heterocycles. The molecule has 6 heteroatoms. The number of thiophene rings is 1. The molecule has 2 heterocycles. The highest BCUT2D eigenvalue weighted by Gasteiger charge is 2.17. The van der Waals surface area contributed by atoms with Crippen LogP contribution < -0.4 is 0 Å². The third-order valence-corrected chi connectivity index (χ3v) is 3.87. The Kier molecular flexibility index (Phi) is 5.57. The molecule has 0 aliphatic rings. The summed E-state index contributed by atoms with van der Waals surface area (Å²) >= 11 is 1.54. The number of esters is 1. The second kappa shape index (κ2) is 7.64. The summed E-state index contributed by atoms with van der Waals surface area (Å²) in [5.41, 5.74) is 0. The average molecular weight is 307 g/mol. The summed E-state index contributed by atoms with van der Waals surface area (Å²) in [7, 11) is 1.34. The van der Waals surface area contributed by atoms with Crippen LogP contribution in [-0.2, 0) is 27.3 Å². The number of furan rings is 1. The standard InChI is InChI=1S/C15H17NO4S/c1-19-15(18)6-7-16(11-12-4-2-8-20-12)14(17)10-13-5-3-9-21-13/h2-5,8-9H,6-7,10-11H2,1H3. The molecule has 0 bridgehead atoms. The van der Waals surface area contributed by atoms with Crippen molar-refractivity contribution in [1.82, 2.24) is 4.90 Å².